The Morgan fingerprint density at radius 3 is 2.80 bits per heavy atom. The van der Waals surface area contributed by atoms with E-state index in [2.05, 4.69) is 35.5 Å². The van der Waals surface area contributed by atoms with Gasteiger partial charge in [-0.1, -0.05) is 13.0 Å². The number of hydrogen-bond donors (Lipinski definition) is 1. The summed E-state index contributed by atoms with van der Waals surface area (Å²) in [5.41, 5.74) is 1.16. The molecule has 0 unspecified atom stereocenters. The Bertz CT molecular complexity index is 251. The lowest BCUT2D eigenvalue weighted by Gasteiger charge is -2.19. The fourth-order valence-corrected chi connectivity index (χ4v) is 1.74. The van der Waals surface area contributed by atoms with E-state index in [1.54, 1.807) is 0 Å². The molecular weight excluding hydrogens is 204 g/mol. The van der Waals surface area contributed by atoms with Gasteiger partial charge in [0.1, 0.15) is 0 Å². The van der Waals surface area contributed by atoms with Crippen LogP contribution in [0.15, 0.2) is 24.4 Å². The molecule has 0 aliphatic rings. The second-order valence-electron chi connectivity index (χ2n) is 3.62. The number of rotatable bonds is 7. The van der Waals surface area contributed by atoms with Gasteiger partial charge in [0.2, 0.25) is 0 Å². The third kappa shape index (κ3) is 5.19. The van der Waals surface area contributed by atoms with Gasteiger partial charge < -0.3 is 0 Å². The molecule has 2 nitrogen and oxygen atoms in total. The van der Waals surface area contributed by atoms with Crippen molar-refractivity contribution < 1.29 is 0 Å². The fraction of sp³-hybridized carbons (Fsp3) is 0.583. The third-order valence-electron chi connectivity index (χ3n) is 2.44. The van der Waals surface area contributed by atoms with Crippen molar-refractivity contribution in [1.82, 2.24) is 9.88 Å². The summed E-state index contributed by atoms with van der Waals surface area (Å²) in [6.07, 6.45) is 4.28. The van der Waals surface area contributed by atoms with Crippen molar-refractivity contribution in [2.45, 2.75) is 26.3 Å². The molecule has 0 radical (unpaired) electrons. The molecule has 1 aromatic heterocycles. The van der Waals surface area contributed by atoms with Crippen LogP contribution in [0.3, 0.4) is 0 Å². The van der Waals surface area contributed by atoms with E-state index in [1.807, 2.05) is 18.3 Å². The highest BCUT2D eigenvalue weighted by molar-refractivity contribution is 7.80. The Balaban J connectivity index is 2.33. The summed E-state index contributed by atoms with van der Waals surface area (Å²) < 4.78 is 0. The molecule has 0 saturated heterocycles. The van der Waals surface area contributed by atoms with E-state index >= 15 is 0 Å². The topological polar surface area (TPSA) is 16.1 Å². The Kier molecular flexibility index (Phi) is 6.44. The molecule has 0 aromatic carbocycles. The van der Waals surface area contributed by atoms with Gasteiger partial charge in [-0.2, -0.15) is 12.6 Å². The monoisotopic (exact) mass is 224 g/mol. The minimum absolute atomic E-state index is 0.962. The molecule has 84 valence electrons. The van der Waals surface area contributed by atoms with Crippen molar-refractivity contribution >= 4 is 12.6 Å². The molecule has 0 saturated carbocycles. The van der Waals surface area contributed by atoms with Crippen LogP contribution >= 0.6 is 12.6 Å². The Hall–Kier alpha value is -0.540. The first-order chi connectivity index (χ1) is 7.36. The smallest absolute Gasteiger partial charge is 0.0543 e. The minimum atomic E-state index is 0.962. The van der Waals surface area contributed by atoms with Gasteiger partial charge >= 0.3 is 0 Å². The molecule has 15 heavy (non-hydrogen) atoms. The van der Waals surface area contributed by atoms with E-state index in [9.17, 15) is 0 Å². The first-order valence-electron chi connectivity index (χ1n) is 5.60. The lowest BCUT2D eigenvalue weighted by Crippen LogP contribution is -2.24. The maximum absolute atomic E-state index is 4.34. The van der Waals surface area contributed by atoms with Gasteiger partial charge in [-0.25, -0.2) is 0 Å². The molecule has 0 aliphatic heterocycles. The molecule has 1 aromatic rings. The zero-order valence-corrected chi connectivity index (χ0v) is 10.3. The van der Waals surface area contributed by atoms with Gasteiger partial charge in [0.05, 0.1) is 5.69 Å². The summed E-state index contributed by atoms with van der Waals surface area (Å²) in [6, 6.07) is 6.09. The van der Waals surface area contributed by atoms with Crippen molar-refractivity contribution in [2.75, 3.05) is 18.8 Å². The van der Waals surface area contributed by atoms with Crippen LogP contribution in [0.5, 0.6) is 0 Å². The summed E-state index contributed by atoms with van der Waals surface area (Å²) in [5, 5.41) is 0. The maximum atomic E-state index is 4.34. The Labute approximate surface area is 98.1 Å². The number of aromatic nitrogens is 1. The van der Waals surface area contributed by atoms with E-state index in [-0.39, 0.29) is 0 Å². The molecular formula is C12H20N2S. The number of nitrogens with zero attached hydrogens (tertiary/aromatic N) is 2. The van der Waals surface area contributed by atoms with Crippen LogP contribution in [-0.4, -0.2) is 28.7 Å². The van der Waals surface area contributed by atoms with Crippen molar-refractivity contribution in [2.24, 2.45) is 0 Å². The van der Waals surface area contributed by atoms with Crippen LogP contribution in [0.25, 0.3) is 0 Å². The minimum Gasteiger partial charge on any atom is -0.298 e. The first kappa shape index (κ1) is 12.5. The predicted octanol–water partition coefficient (Wildman–Crippen LogP) is 2.61. The molecule has 0 N–H and O–H groups in total. The summed E-state index contributed by atoms with van der Waals surface area (Å²) >= 11 is 4.22. The largest absolute Gasteiger partial charge is 0.298 e. The zero-order valence-electron chi connectivity index (χ0n) is 9.39. The van der Waals surface area contributed by atoms with Crippen molar-refractivity contribution in [3.63, 3.8) is 0 Å². The van der Waals surface area contributed by atoms with Gasteiger partial charge in [-0.05, 0) is 43.8 Å². The zero-order chi connectivity index (χ0) is 10.9. The summed E-state index contributed by atoms with van der Waals surface area (Å²) in [7, 11) is 0. The second-order valence-corrected chi connectivity index (χ2v) is 4.07. The highest BCUT2D eigenvalue weighted by Gasteiger charge is 2.03. The van der Waals surface area contributed by atoms with Gasteiger partial charge in [-0.15, -0.1) is 0 Å². The second kappa shape index (κ2) is 7.71. The maximum Gasteiger partial charge on any atom is 0.0543 e. The quantitative estimate of drug-likeness (QED) is 0.566. The van der Waals surface area contributed by atoms with Crippen molar-refractivity contribution in [3.05, 3.63) is 30.1 Å². The van der Waals surface area contributed by atoms with Gasteiger partial charge in [-0.3, -0.25) is 9.88 Å². The number of pyridine rings is 1. The van der Waals surface area contributed by atoms with E-state index in [0.717, 1.165) is 31.1 Å². The van der Waals surface area contributed by atoms with Crippen LogP contribution in [0.4, 0.5) is 0 Å². The summed E-state index contributed by atoms with van der Waals surface area (Å²) in [4.78, 5) is 6.76. The van der Waals surface area contributed by atoms with Gasteiger partial charge in [0, 0.05) is 12.7 Å². The average Bonchev–Trinajstić information content (AvgIpc) is 2.29. The van der Waals surface area contributed by atoms with Gasteiger partial charge in [0.25, 0.3) is 0 Å². The first-order valence-corrected chi connectivity index (χ1v) is 6.23. The Morgan fingerprint density at radius 2 is 2.20 bits per heavy atom. The molecule has 1 rings (SSSR count). The molecule has 3 heteroatoms. The van der Waals surface area contributed by atoms with Crippen LogP contribution in [-0.2, 0) is 6.54 Å². The lowest BCUT2D eigenvalue weighted by molar-refractivity contribution is 0.272. The van der Waals surface area contributed by atoms with Crippen molar-refractivity contribution in [1.29, 1.82) is 0 Å². The molecule has 1 heterocycles. The van der Waals surface area contributed by atoms with E-state index < -0.39 is 0 Å². The molecule has 0 bridgehead atoms. The van der Waals surface area contributed by atoms with Crippen molar-refractivity contribution in [3.8, 4) is 0 Å². The van der Waals surface area contributed by atoms with Crippen LogP contribution in [0.1, 0.15) is 25.5 Å². The number of unbranched alkanes of at least 4 members (excludes halogenated alkanes) is 1. The molecule has 0 spiro atoms. The summed E-state index contributed by atoms with van der Waals surface area (Å²) in [6.45, 7) is 5.39. The van der Waals surface area contributed by atoms with Gasteiger partial charge in [0.15, 0.2) is 0 Å². The average molecular weight is 224 g/mol. The number of hydrogen-bond acceptors (Lipinski definition) is 3. The molecule has 0 fully saturated rings. The van der Waals surface area contributed by atoms with Crippen LogP contribution < -0.4 is 0 Å². The van der Waals surface area contributed by atoms with E-state index in [1.165, 1.54) is 12.8 Å². The standard InChI is InChI=1S/C12H20N2S/c1-2-14(9-5-6-10-15)11-12-7-3-4-8-13-12/h3-4,7-8,15H,2,5-6,9-11H2,1H3. The molecule has 0 amide bonds. The lowest BCUT2D eigenvalue weighted by atomic mass is 10.3. The normalized spacial score (nSPS) is 10.9. The fourth-order valence-electron chi connectivity index (χ4n) is 1.52. The summed E-state index contributed by atoms with van der Waals surface area (Å²) in [5.74, 6) is 0.987. The molecule has 0 atom stereocenters. The predicted molar refractivity (Wildman–Crippen MR) is 68.3 cm³/mol. The number of thiol groups is 1. The molecule has 0 aliphatic carbocycles. The highest BCUT2D eigenvalue weighted by Crippen LogP contribution is 2.03. The van der Waals surface area contributed by atoms with Crippen LogP contribution in [0.2, 0.25) is 0 Å². The van der Waals surface area contributed by atoms with E-state index in [4.69, 9.17) is 0 Å². The van der Waals surface area contributed by atoms with Crippen LogP contribution in [0, 0.1) is 0 Å². The third-order valence-corrected chi connectivity index (χ3v) is 2.76. The SMILES string of the molecule is CCN(CCCCS)Cc1ccccn1. The van der Waals surface area contributed by atoms with E-state index in [0.29, 0.717) is 0 Å². The highest BCUT2D eigenvalue weighted by atomic mass is 32.1. The Morgan fingerprint density at radius 1 is 1.33 bits per heavy atom.